The van der Waals surface area contributed by atoms with E-state index < -0.39 is 0 Å². The second-order valence-corrected chi connectivity index (χ2v) is 6.59. The molecule has 0 fully saturated rings. The van der Waals surface area contributed by atoms with Crippen LogP contribution >= 0.6 is 43.2 Å². The van der Waals surface area contributed by atoms with Crippen LogP contribution in [0.2, 0.25) is 0 Å². The molecule has 8 heteroatoms. The van der Waals surface area contributed by atoms with E-state index in [1.807, 2.05) is 0 Å². The molecule has 0 aliphatic carbocycles. The van der Waals surface area contributed by atoms with E-state index >= 15 is 0 Å². The molecule has 0 aliphatic rings. The van der Waals surface area contributed by atoms with Crippen molar-refractivity contribution in [3.63, 3.8) is 0 Å². The van der Waals surface area contributed by atoms with Crippen LogP contribution in [0.15, 0.2) is 19.5 Å². The summed E-state index contributed by atoms with van der Waals surface area (Å²) in [7, 11) is 0. The lowest BCUT2D eigenvalue weighted by Crippen LogP contribution is -2.34. The molecule has 1 unspecified atom stereocenters. The summed E-state index contributed by atoms with van der Waals surface area (Å²) >= 11 is 7.96. The van der Waals surface area contributed by atoms with E-state index in [-0.39, 0.29) is 17.7 Å². The first-order valence-corrected chi connectivity index (χ1v) is 7.06. The summed E-state index contributed by atoms with van der Waals surface area (Å²) in [5.74, 6) is -0.298. The maximum atomic E-state index is 11.7. The maximum Gasteiger partial charge on any atom is 0.261 e. The van der Waals surface area contributed by atoms with Crippen LogP contribution in [0.1, 0.15) is 16.6 Å². The van der Waals surface area contributed by atoms with Gasteiger partial charge in [0.1, 0.15) is 5.84 Å². The highest BCUT2D eigenvalue weighted by molar-refractivity contribution is 9.13. The molecule has 17 heavy (non-hydrogen) atoms. The van der Waals surface area contributed by atoms with Gasteiger partial charge in [0.15, 0.2) is 0 Å². The number of nitrogens with zero attached hydrogens (tertiary/aromatic N) is 1. The number of oxime groups is 1. The van der Waals surface area contributed by atoms with Crippen molar-refractivity contribution in [2.75, 3.05) is 6.54 Å². The van der Waals surface area contributed by atoms with E-state index in [0.717, 1.165) is 8.26 Å². The SMILES string of the molecule is CC(CNC(=O)c1cc(Br)c(Br)s1)C(N)=NO. The minimum Gasteiger partial charge on any atom is -0.409 e. The van der Waals surface area contributed by atoms with E-state index in [0.29, 0.717) is 11.4 Å². The van der Waals surface area contributed by atoms with Crippen LogP contribution in [0.5, 0.6) is 0 Å². The topological polar surface area (TPSA) is 87.7 Å². The minimum absolute atomic E-state index is 0.0961. The number of nitrogens with two attached hydrogens (primary N) is 1. The van der Waals surface area contributed by atoms with Crippen LogP contribution in [0.4, 0.5) is 0 Å². The van der Waals surface area contributed by atoms with Crippen LogP contribution in [-0.4, -0.2) is 23.5 Å². The van der Waals surface area contributed by atoms with Crippen molar-refractivity contribution in [3.05, 3.63) is 19.2 Å². The second kappa shape index (κ2) is 6.36. The van der Waals surface area contributed by atoms with Gasteiger partial charge in [0.05, 0.1) is 8.66 Å². The fraction of sp³-hybridized carbons (Fsp3) is 0.333. The number of thiophene rings is 1. The molecule has 1 aromatic heterocycles. The van der Waals surface area contributed by atoms with Gasteiger partial charge in [0, 0.05) is 16.9 Å². The third kappa shape index (κ3) is 3.97. The Morgan fingerprint density at radius 3 is 2.82 bits per heavy atom. The van der Waals surface area contributed by atoms with E-state index in [2.05, 4.69) is 42.3 Å². The number of carbonyl (C=O) groups is 1. The highest BCUT2D eigenvalue weighted by atomic mass is 79.9. The molecule has 0 spiro atoms. The van der Waals surface area contributed by atoms with Crippen LogP contribution < -0.4 is 11.1 Å². The fourth-order valence-electron chi connectivity index (χ4n) is 0.995. The van der Waals surface area contributed by atoms with Gasteiger partial charge in [-0.15, -0.1) is 11.3 Å². The average Bonchev–Trinajstić information content (AvgIpc) is 2.65. The smallest absolute Gasteiger partial charge is 0.261 e. The first kappa shape index (κ1) is 14.5. The van der Waals surface area contributed by atoms with Crippen molar-refractivity contribution in [1.29, 1.82) is 0 Å². The largest absolute Gasteiger partial charge is 0.409 e. The second-order valence-electron chi connectivity index (χ2n) is 3.37. The van der Waals surface area contributed by atoms with Gasteiger partial charge < -0.3 is 16.3 Å². The third-order valence-corrected chi connectivity index (χ3v) is 5.31. The van der Waals surface area contributed by atoms with Gasteiger partial charge in [0.25, 0.3) is 5.91 Å². The minimum atomic E-state index is -0.212. The Balaban J connectivity index is 2.56. The van der Waals surface area contributed by atoms with Crippen molar-refractivity contribution >= 4 is 54.9 Å². The summed E-state index contributed by atoms with van der Waals surface area (Å²) in [6.07, 6.45) is 0. The van der Waals surface area contributed by atoms with E-state index in [4.69, 9.17) is 10.9 Å². The highest BCUT2D eigenvalue weighted by Gasteiger charge is 2.14. The summed E-state index contributed by atoms with van der Waals surface area (Å²) in [5.41, 5.74) is 5.41. The molecule has 0 saturated heterocycles. The fourth-order valence-corrected chi connectivity index (χ4v) is 2.95. The molecular formula is C9H11Br2N3O2S. The quantitative estimate of drug-likeness (QED) is 0.322. The molecule has 1 aromatic rings. The highest BCUT2D eigenvalue weighted by Crippen LogP contribution is 2.32. The molecular weight excluding hydrogens is 374 g/mol. The third-order valence-electron chi connectivity index (χ3n) is 2.06. The lowest BCUT2D eigenvalue weighted by Gasteiger charge is -2.09. The number of hydrogen-bond acceptors (Lipinski definition) is 4. The van der Waals surface area contributed by atoms with Crippen molar-refractivity contribution in [1.82, 2.24) is 5.32 Å². The Morgan fingerprint density at radius 1 is 1.71 bits per heavy atom. The van der Waals surface area contributed by atoms with E-state index in [9.17, 15) is 4.79 Å². The molecule has 0 saturated carbocycles. The predicted octanol–water partition coefficient (Wildman–Crippen LogP) is 2.39. The van der Waals surface area contributed by atoms with Gasteiger partial charge >= 0.3 is 0 Å². The molecule has 1 rings (SSSR count). The molecule has 0 aromatic carbocycles. The Hall–Kier alpha value is -0.600. The van der Waals surface area contributed by atoms with Crippen LogP contribution in [0.3, 0.4) is 0 Å². The summed E-state index contributed by atoms with van der Waals surface area (Å²) < 4.78 is 1.71. The molecule has 94 valence electrons. The number of carbonyl (C=O) groups excluding carboxylic acids is 1. The van der Waals surface area contributed by atoms with Crippen molar-refractivity contribution in [2.24, 2.45) is 16.8 Å². The van der Waals surface area contributed by atoms with Gasteiger partial charge in [0.2, 0.25) is 0 Å². The number of amides is 1. The predicted molar refractivity (Wildman–Crippen MR) is 74.6 cm³/mol. The standard InChI is InChI=1S/C9H11Br2N3O2S/c1-4(8(12)14-16)3-13-9(15)6-2-5(10)7(11)17-6/h2,4,16H,3H2,1H3,(H2,12,14)(H,13,15). The zero-order chi connectivity index (χ0) is 13.0. The zero-order valence-electron chi connectivity index (χ0n) is 8.91. The monoisotopic (exact) mass is 383 g/mol. The Labute approximate surface area is 119 Å². The maximum absolute atomic E-state index is 11.7. The number of rotatable bonds is 4. The van der Waals surface area contributed by atoms with Gasteiger partial charge in [-0.05, 0) is 37.9 Å². The molecule has 0 radical (unpaired) electrons. The summed E-state index contributed by atoms with van der Waals surface area (Å²) in [6, 6.07) is 1.73. The Kier molecular flexibility index (Phi) is 5.41. The van der Waals surface area contributed by atoms with Crippen LogP contribution in [0, 0.1) is 5.92 Å². The molecule has 1 amide bonds. The normalized spacial score (nSPS) is 13.5. The molecule has 1 atom stereocenters. The average molecular weight is 385 g/mol. The van der Waals surface area contributed by atoms with Crippen LogP contribution in [-0.2, 0) is 0 Å². The van der Waals surface area contributed by atoms with E-state index in [1.165, 1.54) is 11.3 Å². The van der Waals surface area contributed by atoms with Crippen LogP contribution in [0.25, 0.3) is 0 Å². The number of nitrogens with one attached hydrogen (secondary N) is 1. The van der Waals surface area contributed by atoms with Crippen molar-refractivity contribution in [2.45, 2.75) is 6.92 Å². The Morgan fingerprint density at radius 2 is 2.35 bits per heavy atom. The summed E-state index contributed by atoms with van der Waals surface area (Å²) in [4.78, 5) is 12.3. The first-order chi connectivity index (χ1) is 7.95. The molecule has 0 aliphatic heterocycles. The van der Waals surface area contributed by atoms with E-state index in [1.54, 1.807) is 13.0 Å². The molecule has 4 N–H and O–H groups in total. The van der Waals surface area contributed by atoms with Crippen molar-refractivity contribution < 1.29 is 10.0 Å². The first-order valence-electron chi connectivity index (χ1n) is 4.66. The number of amidine groups is 1. The van der Waals surface area contributed by atoms with Gasteiger partial charge in [-0.2, -0.15) is 0 Å². The lowest BCUT2D eigenvalue weighted by molar-refractivity contribution is 0.0955. The van der Waals surface area contributed by atoms with Gasteiger partial charge in [-0.3, -0.25) is 4.79 Å². The zero-order valence-corrected chi connectivity index (χ0v) is 12.9. The van der Waals surface area contributed by atoms with Crippen molar-refractivity contribution in [3.8, 4) is 0 Å². The Bertz CT molecular complexity index is 428. The molecule has 0 bridgehead atoms. The molecule has 5 nitrogen and oxygen atoms in total. The van der Waals surface area contributed by atoms with Gasteiger partial charge in [-0.25, -0.2) is 0 Å². The number of halogens is 2. The molecule has 1 heterocycles. The summed E-state index contributed by atoms with van der Waals surface area (Å²) in [5, 5.41) is 14.1. The lowest BCUT2D eigenvalue weighted by atomic mass is 10.1. The van der Waals surface area contributed by atoms with Gasteiger partial charge in [-0.1, -0.05) is 12.1 Å². The summed E-state index contributed by atoms with van der Waals surface area (Å²) in [6.45, 7) is 2.08. The number of hydrogen-bond donors (Lipinski definition) is 3.